The molecule has 6 nitrogen and oxygen atoms in total. The first-order valence-electron chi connectivity index (χ1n) is 6.66. The molecule has 0 bridgehead atoms. The predicted octanol–water partition coefficient (Wildman–Crippen LogP) is 1.91. The lowest BCUT2D eigenvalue weighted by molar-refractivity contribution is 0.177. The first kappa shape index (κ1) is 17.0. The highest BCUT2D eigenvalue weighted by Crippen LogP contribution is 2.23. The summed E-state index contributed by atoms with van der Waals surface area (Å²) in [7, 11) is -0.619. The first-order valence-corrected chi connectivity index (χ1v) is 8.48. The van der Waals surface area contributed by atoms with E-state index in [4.69, 9.17) is 16.3 Å². The Labute approximate surface area is 135 Å². The van der Waals surface area contributed by atoms with Crippen LogP contribution in [0.1, 0.15) is 5.56 Å². The van der Waals surface area contributed by atoms with Crippen molar-refractivity contribution in [1.29, 1.82) is 0 Å². The Balaban J connectivity index is 2.33. The number of hydrogen-bond acceptors (Lipinski definition) is 4. The van der Waals surface area contributed by atoms with Crippen LogP contribution in [0, 0.1) is 0 Å². The molecule has 0 saturated carbocycles. The molecule has 1 aromatic heterocycles. The third kappa shape index (κ3) is 3.67. The van der Waals surface area contributed by atoms with E-state index in [0.29, 0.717) is 0 Å². The standard InChI is InChI=1S/C14H18ClN3O3S/c1-17-11-16-14(13(17)15)22(19,20)18(8-9-21-2)10-12-6-4-3-5-7-12/h3-7,11H,8-10H2,1-2H3. The zero-order valence-corrected chi connectivity index (χ0v) is 14.0. The van der Waals surface area contributed by atoms with Crippen molar-refractivity contribution in [3.8, 4) is 0 Å². The van der Waals surface area contributed by atoms with Gasteiger partial charge in [-0.3, -0.25) is 0 Å². The molecule has 120 valence electrons. The van der Waals surface area contributed by atoms with E-state index < -0.39 is 10.0 Å². The van der Waals surface area contributed by atoms with Gasteiger partial charge in [0.05, 0.1) is 12.9 Å². The molecule has 2 aromatic rings. The van der Waals surface area contributed by atoms with Crippen LogP contribution in [0.3, 0.4) is 0 Å². The minimum Gasteiger partial charge on any atom is -0.383 e. The first-order chi connectivity index (χ1) is 10.5. The summed E-state index contributed by atoms with van der Waals surface area (Å²) >= 11 is 6.04. The van der Waals surface area contributed by atoms with Gasteiger partial charge in [-0.05, 0) is 5.56 Å². The maximum absolute atomic E-state index is 12.8. The van der Waals surface area contributed by atoms with E-state index in [-0.39, 0.29) is 29.9 Å². The molecule has 0 atom stereocenters. The minimum absolute atomic E-state index is 0.0930. The molecular weight excluding hydrogens is 326 g/mol. The third-order valence-electron chi connectivity index (χ3n) is 3.17. The highest BCUT2D eigenvalue weighted by molar-refractivity contribution is 7.89. The van der Waals surface area contributed by atoms with Crippen LogP contribution < -0.4 is 0 Å². The zero-order chi connectivity index (χ0) is 16.2. The quantitative estimate of drug-likeness (QED) is 0.770. The molecule has 0 aliphatic heterocycles. The van der Waals surface area contributed by atoms with Crippen LogP contribution in [0.4, 0.5) is 0 Å². The molecule has 0 fully saturated rings. The molecule has 1 heterocycles. The largest absolute Gasteiger partial charge is 0.383 e. The number of nitrogens with zero attached hydrogens (tertiary/aromatic N) is 3. The monoisotopic (exact) mass is 343 g/mol. The van der Waals surface area contributed by atoms with Crippen molar-refractivity contribution in [2.75, 3.05) is 20.3 Å². The number of imidazole rings is 1. The summed E-state index contributed by atoms with van der Waals surface area (Å²) in [6.45, 7) is 0.747. The van der Waals surface area contributed by atoms with E-state index in [1.54, 1.807) is 7.05 Å². The van der Waals surface area contributed by atoms with Crippen molar-refractivity contribution in [3.63, 3.8) is 0 Å². The van der Waals surface area contributed by atoms with E-state index in [9.17, 15) is 8.42 Å². The number of aromatic nitrogens is 2. The van der Waals surface area contributed by atoms with Gasteiger partial charge in [-0.15, -0.1) is 0 Å². The van der Waals surface area contributed by atoms with Crippen molar-refractivity contribution < 1.29 is 13.2 Å². The number of hydrogen-bond donors (Lipinski definition) is 0. The van der Waals surface area contributed by atoms with Crippen LogP contribution in [0.25, 0.3) is 0 Å². The van der Waals surface area contributed by atoms with Crippen LogP contribution in [0.15, 0.2) is 41.7 Å². The lowest BCUT2D eigenvalue weighted by atomic mass is 10.2. The number of benzene rings is 1. The molecule has 0 saturated heterocycles. The number of ether oxygens (including phenoxy) is 1. The van der Waals surface area contributed by atoms with Gasteiger partial charge in [-0.2, -0.15) is 4.31 Å². The Morgan fingerprint density at radius 1 is 1.32 bits per heavy atom. The van der Waals surface area contributed by atoms with E-state index in [2.05, 4.69) is 4.98 Å². The maximum atomic E-state index is 12.8. The molecule has 0 aliphatic carbocycles. The van der Waals surface area contributed by atoms with E-state index in [1.807, 2.05) is 30.3 Å². The number of methoxy groups -OCH3 is 1. The molecule has 22 heavy (non-hydrogen) atoms. The van der Waals surface area contributed by atoms with Gasteiger partial charge in [-0.1, -0.05) is 41.9 Å². The molecule has 0 radical (unpaired) electrons. The molecule has 0 spiro atoms. The van der Waals surface area contributed by atoms with Gasteiger partial charge >= 0.3 is 0 Å². The molecular formula is C14H18ClN3O3S. The smallest absolute Gasteiger partial charge is 0.264 e. The van der Waals surface area contributed by atoms with Gasteiger partial charge in [0.25, 0.3) is 10.0 Å². The Morgan fingerprint density at radius 2 is 2.00 bits per heavy atom. The molecule has 2 rings (SSSR count). The average molecular weight is 344 g/mol. The number of sulfonamides is 1. The van der Waals surface area contributed by atoms with Crippen LogP contribution in [0.2, 0.25) is 5.15 Å². The van der Waals surface area contributed by atoms with Gasteiger partial charge in [0.1, 0.15) is 5.15 Å². The molecule has 0 aliphatic rings. The molecule has 0 unspecified atom stereocenters. The summed E-state index contributed by atoms with van der Waals surface area (Å²) < 4.78 is 33.4. The molecule has 0 N–H and O–H groups in total. The molecule has 0 amide bonds. The number of rotatable bonds is 7. The maximum Gasteiger partial charge on any atom is 0.264 e. The number of halogens is 1. The summed E-state index contributed by atoms with van der Waals surface area (Å²) in [6, 6.07) is 9.35. The normalized spacial score (nSPS) is 12.0. The lowest BCUT2D eigenvalue weighted by Crippen LogP contribution is -2.34. The van der Waals surface area contributed by atoms with Crippen molar-refractivity contribution in [2.24, 2.45) is 7.05 Å². The minimum atomic E-state index is -3.79. The van der Waals surface area contributed by atoms with Crippen molar-refractivity contribution in [2.45, 2.75) is 11.6 Å². The summed E-state index contributed by atoms with van der Waals surface area (Å²) in [5, 5.41) is -0.0424. The van der Waals surface area contributed by atoms with E-state index >= 15 is 0 Å². The topological polar surface area (TPSA) is 64.4 Å². The summed E-state index contributed by atoms with van der Waals surface area (Å²) in [4.78, 5) is 3.92. The lowest BCUT2D eigenvalue weighted by Gasteiger charge is -2.21. The van der Waals surface area contributed by atoms with Crippen LogP contribution in [-0.4, -0.2) is 42.5 Å². The van der Waals surface area contributed by atoms with Gasteiger partial charge in [0.2, 0.25) is 5.03 Å². The van der Waals surface area contributed by atoms with Gasteiger partial charge < -0.3 is 9.30 Å². The average Bonchev–Trinajstić information content (AvgIpc) is 2.85. The molecule has 8 heteroatoms. The highest BCUT2D eigenvalue weighted by atomic mass is 35.5. The summed E-state index contributed by atoms with van der Waals surface area (Å²) in [5.41, 5.74) is 0.884. The van der Waals surface area contributed by atoms with Crippen LogP contribution in [0.5, 0.6) is 0 Å². The summed E-state index contributed by atoms with van der Waals surface area (Å²) in [5.74, 6) is 0. The fourth-order valence-corrected chi connectivity index (χ4v) is 3.75. The third-order valence-corrected chi connectivity index (χ3v) is 5.50. The zero-order valence-electron chi connectivity index (χ0n) is 12.4. The van der Waals surface area contributed by atoms with Gasteiger partial charge in [0, 0.05) is 27.2 Å². The number of aryl methyl sites for hydroxylation is 1. The fourth-order valence-electron chi connectivity index (χ4n) is 1.95. The predicted molar refractivity (Wildman–Crippen MR) is 84.1 cm³/mol. The second-order valence-corrected chi connectivity index (χ2v) is 6.98. The summed E-state index contributed by atoms with van der Waals surface area (Å²) in [6.07, 6.45) is 1.38. The Morgan fingerprint density at radius 3 is 2.55 bits per heavy atom. The van der Waals surface area contributed by atoms with Gasteiger partial charge in [-0.25, -0.2) is 13.4 Å². The Kier molecular flexibility index (Phi) is 5.57. The van der Waals surface area contributed by atoms with Crippen molar-refractivity contribution >= 4 is 21.6 Å². The Bertz CT molecular complexity index is 716. The van der Waals surface area contributed by atoms with E-state index in [1.165, 1.54) is 22.3 Å². The van der Waals surface area contributed by atoms with Gasteiger partial charge in [0.15, 0.2) is 0 Å². The van der Waals surface area contributed by atoms with Crippen molar-refractivity contribution in [3.05, 3.63) is 47.4 Å². The van der Waals surface area contributed by atoms with Crippen molar-refractivity contribution in [1.82, 2.24) is 13.9 Å². The second kappa shape index (κ2) is 7.23. The highest BCUT2D eigenvalue weighted by Gasteiger charge is 2.29. The SMILES string of the molecule is COCCN(Cc1ccccc1)S(=O)(=O)c1ncn(C)c1Cl. The van der Waals surface area contributed by atoms with E-state index in [0.717, 1.165) is 5.56 Å². The second-order valence-electron chi connectivity index (χ2n) is 4.77. The fraction of sp³-hybridized carbons (Fsp3) is 0.357. The molecule has 1 aromatic carbocycles. The van der Waals surface area contributed by atoms with Crippen LogP contribution >= 0.6 is 11.6 Å². The Hall–Kier alpha value is -1.41. The van der Waals surface area contributed by atoms with Crippen LogP contribution in [-0.2, 0) is 28.4 Å².